The van der Waals surface area contributed by atoms with E-state index in [4.69, 9.17) is 21.3 Å². The van der Waals surface area contributed by atoms with E-state index in [1.807, 2.05) is 42.8 Å². The van der Waals surface area contributed by atoms with E-state index in [1.54, 1.807) is 0 Å². The van der Waals surface area contributed by atoms with E-state index in [9.17, 15) is 0 Å². The molecule has 1 fully saturated rings. The molecule has 0 amide bonds. The molecule has 0 bridgehead atoms. The van der Waals surface area contributed by atoms with Gasteiger partial charge in [-0.2, -0.15) is 0 Å². The minimum atomic E-state index is 0.0189. The molecule has 30 heavy (non-hydrogen) atoms. The van der Waals surface area contributed by atoms with Gasteiger partial charge in [-0.1, -0.05) is 29.8 Å². The number of morpholine rings is 1. The summed E-state index contributed by atoms with van der Waals surface area (Å²) in [6.07, 6.45) is 1.03. The number of aliphatic imine (C=N–C) groups is 1. The van der Waals surface area contributed by atoms with Crippen molar-refractivity contribution in [3.05, 3.63) is 46.5 Å². The Morgan fingerprint density at radius 1 is 1.27 bits per heavy atom. The zero-order valence-electron chi connectivity index (χ0n) is 18.1. The van der Waals surface area contributed by atoms with Crippen LogP contribution < -0.4 is 10.6 Å². The van der Waals surface area contributed by atoms with Gasteiger partial charge in [0.15, 0.2) is 11.8 Å². The summed E-state index contributed by atoms with van der Waals surface area (Å²) in [7, 11) is 1.95. The highest BCUT2D eigenvalue weighted by atomic mass is 35.5. The van der Waals surface area contributed by atoms with Gasteiger partial charge in [-0.25, -0.2) is 4.99 Å². The highest BCUT2D eigenvalue weighted by Gasteiger charge is 2.13. The van der Waals surface area contributed by atoms with Gasteiger partial charge in [0.1, 0.15) is 12.4 Å². The SMILES string of the molecule is Cc1nnc(CN=C(NCCCN2CCOCC2)NC(C)c2ccccc2Cl)n1C. The number of aryl methyl sites for hydroxylation is 1. The molecule has 2 heterocycles. The average molecular weight is 434 g/mol. The molecular formula is C21H32ClN7O. The standard InChI is InChI=1S/C21H32ClN7O/c1-16(18-7-4-5-8-19(18)22)25-21(24-15-20-27-26-17(2)28(20)3)23-9-6-10-29-11-13-30-14-12-29/h4-5,7-8,16H,6,9-15H2,1-3H3,(H2,23,24,25). The summed E-state index contributed by atoms with van der Waals surface area (Å²) < 4.78 is 7.37. The van der Waals surface area contributed by atoms with Crippen LogP contribution in [-0.4, -0.2) is 65.0 Å². The molecule has 0 saturated carbocycles. The molecule has 0 radical (unpaired) electrons. The first-order valence-electron chi connectivity index (χ1n) is 10.5. The Morgan fingerprint density at radius 3 is 2.73 bits per heavy atom. The Hall–Kier alpha value is -2.16. The Bertz CT molecular complexity index is 833. The van der Waals surface area contributed by atoms with E-state index in [-0.39, 0.29) is 6.04 Å². The summed E-state index contributed by atoms with van der Waals surface area (Å²) in [4.78, 5) is 7.18. The van der Waals surface area contributed by atoms with Gasteiger partial charge >= 0.3 is 0 Å². The fraction of sp³-hybridized carbons (Fsp3) is 0.571. The van der Waals surface area contributed by atoms with E-state index in [2.05, 4.69) is 32.7 Å². The second-order valence-electron chi connectivity index (χ2n) is 7.51. The number of rotatable bonds is 8. The zero-order valence-corrected chi connectivity index (χ0v) is 18.8. The van der Waals surface area contributed by atoms with Gasteiger partial charge in [-0.3, -0.25) is 4.90 Å². The Balaban J connectivity index is 1.60. The predicted octanol–water partition coefficient (Wildman–Crippen LogP) is 2.30. The lowest BCUT2D eigenvalue weighted by molar-refractivity contribution is 0.0376. The number of halogens is 1. The number of guanidine groups is 1. The van der Waals surface area contributed by atoms with Crippen LogP contribution in [0.3, 0.4) is 0 Å². The van der Waals surface area contributed by atoms with Crippen molar-refractivity contribution in [1.82, 2.24) is 30.3 Å². The maximum Gasteiger partial charge on any atom is 0.192 e. The second kappa shape index (κ2) is 11.3. The molecule has 2 aromatic rings. The van der Waals surface area contributed by atoms with E-state index < -0.39 is 0 Å². The molecule has 0 aliphatic carbocycles. The van der Waals surface area contributed by atoms with Crippen LogP contribution in [0.4, 0.5) is 0 Å². The molecule has 1 unspecified atom stereocenters. The molecule has 3 rings (SSSR count). The molecule has 1 aliphatic heterocycles. The summed E-state index contributed by atoms with van der Waals surface area (Å²) in [5.74, 6) is 2.44. The lowest BCUT2D eigenvalue weighted by Crippen LogP contribution is -2.41. The molecule has 8 nitrogen and oxygen atoms in total. The van der Waals surface area contributed by atoms with Gasteiger partial charge in [-0.05, 0) is 38.4 Å². The average Bonchev–Trinajstić information content (AvgIpc) is 3.08. The smallest absolute Gasteiger partial charge is 0.192 e. The normalized spacial score (nSPS) is 16.5. The first-order valence-corrected chi connectivity index (χ1v) is 10.9. The quantitative estimate of drug-likeness (QED) is 0.378. The van der Waals surface area contributed by atoms with E-state index >= 15 is 0 Å². The first kappa shape index (κ1) is 22.5. The van der Waals surface area contributed by atoms with Gasteiger partial charge in [0.25, 0.3) is 0 Å². The van der Waals surface area contributed by atoms with Crippen molar-refractivity contribution in [1.29, 1.82) is 0 Å². The van der Waals surface area contributed by atoms with Crippen LogP contribution in [0.5, 0.6) is 0 Å². The van der Waals surface area contributed by atoms with Gasteiger partial charge in [0.2, 0.25) is 0 Å². The first-order chi connectivity index (χ1) is 14.5. The van der Waals surface area contributed by atoms with Crippen molar-refractivity contribution in [3.8, 4) is 0 Å². The third-order valence-electron chi connectivity index (χ3n) is 5.33. The maximum absolute atomic E-state index is 6.37. The van der Waals surface area contributed by atoms with Crippen LogP contribution in [0.2, 0.25) is 5.02 Å². The lowest BCUT2D eigenvalue weighted by atomic mass is 10.1. The number of nitrogens with one attached hydrogen (secondary N) is 2. The molecule has 9 heteroatoms. The summed E-state index contributed by atoms with van der Waals surface area (Å²) >= 11 is 6.37. The fourth-order valence-corrected chi connectivity index (χ4v) is 3.63. The molecule has 1 aromatic carbocycles. The molecule has 1 saturated heterocycles. The number of benzene rings is 1. The second-order valence-corrected chi connectivity index (χ2v) is 7.92. The van der Waals surface area contributed by atoms with Crippen molar-refractivity contribution in [3.63, 3.8) is 0 Å². The van der Waals surface area contributed by atoms with Gasteiger partial charge in [0, 0.05) is 31.7 Å². The van der Waals surface area contributed by atoms with Crippen LogP contribution in [0.1, 0.15) is 36.6 Å². The van der Waals surface area contributed by atoms with Gasteiger partial charge in [-0.15, -0.1) is 10.2 Å². The Morgan fingerprint density at radius 2 is 2.03 bits per heavy atom. The lowest BCUT2D eigenvalue weighted by Gasteiger charge is -2.26. The number of hydrogen-bond donors (Lipinski definition) is 2. The number of aromatic nitrogens is 3. The summed E-state index contributed by atoms with van der Waals surface area (Å²) in [5, 5.41) is 16.0. The summed E-state index contributed by atoms with van der Waals surface area (Å²) in [5.41, 5.74) is 1.04. The van der Waals surface area contributed by atoms with Crippen molar-refractivity contribution in [2.24, 2.45) is 12.0 Å². The Kier molecular flexibility index (Phi) is 8.48. The van der Waals surface area contributed by atoms with E-state index in [0.717, 1.165) is 74.0 Å². The van der Waals surface area contributed by atoms with Gasteiger partial charge < -0.3 is 19.9 Å². The fourth-order valence-electron chi connectivity index (χ4n) is 3.33. The van der Waals surface area contributed by atoms with Crippen molar-refractivity contribution in [2.45, 2.75) is 32.9 Å². The van der Waals surface area contributed by atoms with Crippen LogP contribution in [-0.2, 0) is 18.3 Å². The van der Waals surface area contributed by atoms with Gasteiger partial charge in [0.05, 0.1) is 19.3 Å². The number of hydrogen-bond acceptors (Lipinski definition) is 5. The molecule has 1 atom stereocenters. The molecule has 0 spiro atoms. The highest BCUT2D eigenvalue weighted by molar-refractivity contribution is 6.31. The van der Waals surface area contributed by atoms with E-state index in [1.165, 1.54) is 0 Å². The topological polar surface area (TPSA) is 79.6 Å². The monoisotopic (exact) mass is 433 g/mol. The zero-order chi connectivity index (χ0) is 21.3. The molecule has 1 aliphatic rings. The van der Waals surface area contributed by atoms with Crippen LogP contribution in [0, 0.1) is 6.92 Å². The van der Waals surface area contributed by atoms with Crippen LogP contribution >= 0.6 is 11.6 Å². The maximum atomic E-state index is 6.37. The number of nitrogens with zero attached hydrogens (tertiary/aromatic N) is 5. The summed E-state index contributed by atoms with van der Waals surface area (Å²) in [6, 6.07) is 7.89. The third kappa shape index (κ3) is 6.42. The molecule has 1 aromatic heterocycles. The van der Waals surface area contributed by atoms with Crippen molar-refractivity contribution in [2.75, 3.05) is 39.4 Å². The molecule has 2 N–H and O–H groups in total. The number of ether oxygens (including phenoxy) is 1. The highest BCUT2D eigenvalue weighted by Crippen LogP contribution is 2.22. The summed E-state index contributed by atoms with van der Waals surface area (Å²) in [6.45, 7) is 10.0. The van der Waals surface area contributed by atoms with Crippen molar-refractivity contribution >= 4 is 17.6 Å². The third-order valence-corrected chi connectivity index (χ3v) is 5.68. The van der Waals surface area contributed by atoms with Crippen molar-refractivity contribution < 1.29 is 4.74 Å². The molecule has 164 valence electrons. The molecular weight excluding hydrogens is 402 g/mol. The van der Waals surface area contributed by atoms with Crippen LogP contribution in [0.15, 0.2) is 29.3 Å². The van der Waals surface area contributed by atoms with E-state index in [0.29, 0.717) is 6.54 Å². The predicted molar refractivity (Wildman–Crippen MR) is 120 cm³/mol. The minimum absolute atomic E-state index is 0.0189. The van der Waals surface area contributed by atoms with Crippen LogP contribution in [0.25, 0.3) is 0 Å². The minimum Gasteiger partial charge on any atom is -0.379 e. The largest absolute Gasteiger partial charge is 0.379 e. The Labute approximate surface area is 183 Å².